The maximum Gasteiger partial charge on any atom is 0.273 e. The van der Waals surface area contributed by atoms with Gasteiger partial charge in [-0.25, -0.2) is 0 Å². The highest BCUT2D eigenvalue weighted by atomic mass is 32.1. The fourth-order valence-electron chi connectivity index (χ4n) is 3.13. The zero-order chi connectivity index (χ0) is 20.5. The molecule has 0 atom stereocenters. The Morgan fingerprint density at radius 1 is 1.39 bits per heavy atom. The van der Waals surface area contributed by atoms with E-state index in [0.29, 0.717) is 6.54 Å². The molecule has 1 amide bonds. The van der Waals surface area contributed by atoms with Gasteiger partial charge in [-0.15, -0.1) is 0 Å². The van der Waals surface area contributed by atoms with Crippen LogP contribution in [-0.2, 0) is 0 Å². The Morgan fingerprint density at radius 2 is 2.11 bits per heavy atom. The first-order chi connectivity index (χ1) is 13.4. The van der Waals surface area contributed by atoms with E-state index in [1.165, 1.54) is 42.5 Å². The van der Waals surface area contributed by atoms with Gasteiger partial charge < -0.3 is 15.4 Å². The summed E-state index contributed by atoms with van der Waals surface area (Å²) in [5.41, 5.74) is 8.47. The van der Waals surface area contributed by atoms with Crippen molar-refractivity contribution in [3.8, 4) is 5.75 Å². The number of amides is 1. The van der Waals surface area contributed by atoms with Crippen LogP contribution in [-0.4, -0.2) is 58.6 Å². The van der Waals surface area contributed by atoms with E-state index >= 15 is 0 Å². The zero-order valence-electron chi connectivity index (χ0n) is 16.1. The predicted octanol–water partition coefficient (Wildman–Crippen LogP) is 2.06. The van der Waals surface area contributed by atoms with Crippen LogP contribution in [0.4, 0.5) is 5.69 Å². The van der Waals surface area contributed by atoms with Crippen LogP contribution in [0.3, 0.4) is 0 Å². The summed E-state index contributed by atoms with van der Waals surface area (Å²) in [4.78, 5) is 25.5. The fraction of sp³-hybridized carbons (Fsp3) is 0.556. The average Bonchev–Trinajstić information content (AvgIpc) is 2.68. The van der Waals surface area contributed by atoms with Gasteiger partial charge in [0, 0.05) is 12.6 Å². The highest BCUT2D eigenvalue weighted by molar-refractivity contribution is 7.80. The third kappa shape index (κ3) is 6.31. The number of piperidine rings is 1. The van der Waals surface area contributed by atoms with Crippen LogP contribution in [0, 0.1) is 10.1 Å². The van der Waals surface area contributed by atoms with Crippen molar-refractivity contribution in [2.24, 2.45) is 5.73 Å². The topological polar surface area (TPSA) is 114 Å². The van der Waals surface area contributed by atoms with Crippen LogP contribution in [0.2, 0.25) is 0 Å². The van der Waals surface area contributed by atoms with Crippen molar-refractivity contribution < 1.29 is 14.5 Å². The number of nitro benzene ring substituents is 1. The lowest BCUT2D eigenvalue weighted by Crippen LogP contribution is -2.49. The smallest absolute Gasteiger partial charge is 0.273 e. The minimum Gasteiger partial charge on any atom is -0.493 e. The van der Waals surface area contributed by atoms with E-state index in [-0.39, 0.29) is 28.7 Å². The lowest BCUT2D eigenvalue weighted by Gasteiger charge is -2.28. The summed E-state index contributed by atoms with van der Waals surface area (Å²) >= 11 is 5.05. The largest absolute Gasteiger partial charge is 0.493 e. The van der Waals surface area contributed by atoms with Crippen LogP contribution in [0.25, 0.3) is 0 Å². The van der Waals surface area contributed by atoms with Crippen molar-refractivity contribution in [1.82, 2.24) is 15.3 Å². The third-order valence-corrected chi connectivity index (χ3v) is 4.75. The molecule has 154 valence electrons. The number of non-ortho nitro benzene ring substituents is 1. The molecule has 0 radical (unpaired) electrons. The van der Waals surface area contributed by atoms with Gasteiger partial charge >= 0.3 is 0 Å². The molecule has 1 saturated heterocycles. The molecule has 1 fully saturated rings. The molecule has 0 saturated carbocycles. The average molecular weight is 410 g/mol. The second-order valence-electron chi connectivity index (χ2n) is 6.56. The maximum absolute atomic E-state index is 12.7. The molecule has 1 aromatic carbocycles. The molecule has 9 nitrogen and oxygen atoms in total. The van der Waals surface area contributed by atoms with E-state index in [2.05, 4.69) is 10.3 Å². The Balaban J connectivity index is 2.00. The highest BCUT2D eigenvalue weighted by Gasteiger charge is 2.20. The van der Waals surface area contributed by atoms with Crippen LogP contribution in [0.5, 0.6) is 5.75 Å². The Labute approximate surface area is 169 Å². The molecule has 1 aliphatic heterocycles. The second kappa shape index (κ2) is 10.8. The second-order valence-corrected chi connectivity index (χ2v) is 6.98. The summed E-state index contributed by atoms with van der Waals surface area (Å²) in [6.07, 6.45) is 4.52. The van der Waals surface area contributed by atoms with Crippen molar-refractivity contribution in [2.45, 2.75) is 32.6 Å². The number of benzene rings is 1. The number of likely N-dealkylation sites (tertiary alicyclic amines) is 1. The monoisotopic (exact) mass is 409 g/mol. The maximum atomic E-state index is 12.7. The van der Waals surface area contributed by atoms with Gasteiger partial charge in [0.25, 0.3) is 11.6 Å². The van der Waals surface area contributed by atoms with Crippen molar-refractivity contribution in [1.29, 1.82) is 0 Å². The van der Waals surface area contributed by atoms with Crippen molar-refractivity contribution in [3.05, 3.63) is 33.9 Å². The molecule has 28 heavy (non-hydrogen) atoms. The normalized spacial score (nSPS) is 14.3. The van der Waals surface area contributed by atoms with E-state index in [1.807, 2.05) is 0 Å². The van der Waals surface area contributed by atoms with Crippen LogP contribution >= 0.6 is 12.2 Å². The van der Waals surface area contributed by atoms with E-state index in [4.69, 9.17) is 22.7 Å². The van der Waals surface area contributed by atoms with Crippen LogP contribution in [0.1, 0.15) is 43.0 Å². The number of nitro groups is 1. The molecule has 0 bridgehead atoms. The summed E-state index contributed by atoms with van der Waals surface area (Å²) in [5, 5.41) is 12.4. The fourth-order valence-corrected chi connectivity index (χ4v) is 3.26. The number of carbonyl (C=O) groups excluding carboxylic acids is 1. The molecule has 10 heteroatoms. The van der Waals surface area contributed by atoms with E-state index < -0.39 is 10.8 Å². The molecule has 3 N–H and O–H groups in total. The van der Waals surface area contributed by atoms with Gasteiger partial charge in [0.1, 0.15) is 5.75 Å². The standard InChI is InChI=1S/C18H27N5O4S/c1-2-27-16-13-14(23(25)26)7-8-15(16)17(24)20-22(18(19)28)12-6-11-21-9-4-3-5-10-21/h7-8,13H,2-6,9-12H2,1H3,(H2,19,28)(H,20,24). The molecule has 1 aromatic rings. The van der Waals surface area contributed by atoms with E-state index in [0.717, 1.165) is 26.1 Å². The minimum absolute atomic E-state index is 0.0619. The van der Waals surface area contributed by atoms with Crippen molar-refractivity contribution >= 4 is 28.9 Å². The minimum atomic E-state index is -0.536. The third-order valence-electron chi connectivity index (χ3n) is 4.53. The van der Waals surface area contributed by atoms with Crippen LogP contribution in [0.15, 0.2) is 18.2 Å². The number of rotatable bonds is 8. The number of carbonyl (C=O) groups is 1. The van der Waals surface area contributed by atoms with Gasteiger partial charge in [-0.05, 0) is 64.1 Å². The van der Waals surface area contributed by atoms with Gasteiger partial charge in [0.05, 0.1) is 23.2 Å². The van der Waals surface area contributed by atoms with Gasteiger partial charge in [-0.1, -0.05) is 6.42 Å². The zero-order valence-corrected chi connectivity index (χ0v) is 16.9. The summed E-state index contributed by atoms with van der Waals surface area (Å²) in [7, 11) is 0. The number of thiocarbonyl (C=S) groups is 1. The van der Waals surface area contributed by atoms with Gasteiger partial charge in [-0.3, -0.25) is 25.3 Å². The van der Waals surface area contributed by atoms with Crippen molar-refractivity contribution in [3.63, 3.8) is 0 Å². The summed E-state index contributed by atoms with van der Waals surface area (Å²) in [5.74, 6) is -0.338. The number of nitrogens with one attached hydrogen (secondary N) is 1. The van der Waals surface area contributed by atoms with E-state index in [9.17, 15) is 14.9 Å². The van der Waals surface area contributed by atoms with E-state index in [1.54, 1.807) is 6.92 Å². The van der Waals surface area contributed by atoms with Gasteiger partial charge in [0.2, 0.25) is 0 Å². The first-order valence-electron chi connectivity index (χ1n) is 9.44. The SMILES string of the molecule is CCOc1cc([N+](=O)[O-])ccc1C(=O)NN(CCCN1CCCCC1)C(N)=S. The molecule has 1 heterocycles. The molecule has 0 spiro atoms. The summed E-state index contributed by atoms with van der Waals surface area (Å²) < 4.78 is 5.40. The number of hydrazine groups is 1. The number of hydrogen-bond acceptors (Lipinski definition) is 6. The number of nitrogens with zero attached hydrogens (tertiary/aromatic N) is 3. The number of nitrogens with two attached hydrogens (primary N) is 1. The Hall–Kier alpha value is -2.46. The molecule has 0 aliphatic carbocycles. The first-order valence-corrected chi connectivity index (χ1v) is 9.84. The summed E-state index contributed by atoms with van der Waals surface area (Å²) in [6, 6.07) is 3.86. The molecule has 1 aliphatic rings. The predicted molar refractivity (Wildman–Crippen MR) is 110 cm³/mol. The number of ether oxygens (including phenoxy) is 1. The Morgan fingerprint density at radius 3 is 2.71 bits per heavy atom. The number of hydrogen-bond donors (Lipinski definition) is 2. The van der Waals surface area contributed by atoms with Crippen molar-refractivity contribution in [2.75, 3.05) is 32.8 Å². The Bertz CT molecular complexity index is 709. The lowest BCUT2D eigenvalue weighted by molar-refractivity contribution is -0.384. The quantitative estimate of drug-likeness (QED) is 0.381. The molecule has 0 unspecified atom stereocenters. The molecular formula is C18H27N5O4S. The van der Waals surface area contributed by atoms with Gasteiger partial charge in [0.15, 0.2) is 5.11 Å². The highest BCUT2D eigenvalue weighted by Crippen LogP contribution is 2.25. The molecule has 0 aromatic heterocycles. The first kappa shape index (κ1) is 21.8. The lowest BCUT2D eigenvalue weighted by atomic mass is 10.1. The van der Waals surface area contributed by atoms with Crippen LogP contribution < -0.4 is 15.9 Å². The van der Waals surface area contributed by atoms with Gasteiger partial charge in [-0.2, -0.15) is 0 Å². The Kier molecular flexibility index (Phi) is 8.40. The molecular weight excluding hydrogens is 382 g/mol. The summed E-state index contributed by atoms with van der Waals surface area (Å²) in [6.45, 7) is 5.60. The molecule has 2 rings (SSSR count).